The normalized spacial score (nSPS) is 14.1. The van der Waals surface area contributed by atoms with Gasteiger partial charge in [-0.05, 0) is 30.7 Å². The summed E-state index contributed by atoms with van der Waals surface area (Å²) in [4.78, 5) is 12.1. The molecule has 6 heteroatoms. The molecule has 3 rings (SSSR count). The maximum absolute atomic E-state index is 12.1. The summed E-state index contributed by atoms with van der Waals surface area (Å²) in [6.07, 6.45) is 0. The van der Waals surface area contributed by atoms with Crippen molar-refractivity contribution in [3.05, 3.63) is 53.1 Å². The Morgan fingerprint density at radius 3 is 2.71 bits per heavy atom. The monoisotopic (exact) mass is 346 g/mol. The highest BCUT2D eigenvalue weighted by Crippen LogP contribution is 2.32. The summed E-state index contributed by atoms with van der Waals surface area (Å²) in [5.41, 5.74) is 1.64. The number of carbonyl (C=O) groups excluding carboxylic acids is 1. The molecule has 5 nitrogen and oxygen atoms in total. The first-order valence-electron chi connectivity index (χ1n) is 7.81. The van der Waals surface area contributed by atoms with Crippen molar-refractivity contribution in [2.24, 2.45) is 0 Å². The number of amides is 1. The molecule has 0 unspecified atom stereocenters. The molecule has 0 saturated carbocycles. The Balaban J connectivity index is 1.55. The van der Waals surface area contributed by atoms with Crippen LogP contribution in [0.4, 0.5) is 5.69 Å². The zero-order valence-corrected chi connectivity index (χ0v) is 14.1. The van der Waals surface area contributed by atoms with Crippen molar-refractivity contribution in [1.82, 2.24) is 5.32 Å². The van der Waals surface area contributed by atoms with Crippen molar-refractivity contribution in [3.8, 4) is 11.5 Å². The fourth-order valence-electron chi connectivity index (χ4n) is 2.51. The molecule has 0 fully saturated rings. The predicted octanol–water partition coefficient (Wildman–Crippen LogP) is 3.40. The minimum Gasteiger partial charge on any atom is -0.486 e. The van der Waals surface area contributed by atoms with Gasteiger partial charge in [-0.25, -0.2) is 0 Å². The first kappa shape index (κ1) is 16.6. The van der Waals surface area contributed by atoms with Crippen LogP contribution in [0.3, 0.4) is 0 Å². The molecule has 2 aromatic rings. The molecule has 1 aliphatic rings. The van der Waals surface area contributed by atoms with Crippen LogP contribution in [0.25, 0.3) is 0 Å². The van der Waals surface area contributed by atoms with Gasteiger partial charge in [0.15, 0.2) is 11.5 Å². The average Bonchev–Trinajstić information content (AvgIpc) is 2.60. The Hall–Kier alpha value is -2.24. The number of nitrogens with one attached hydrogen (secondary N) is 2. The van der Waals surface area contributed by atoms with Crippen LogP contribution < -0.4 is 20.1 Å². The third-order valence-corrected chi connectivity index (χ3v) is 4.11. The van der Waals surface area contributed by atoms with Crippen LogP contribution in [0, 0.1) is 0 Å². The standard InChI is InChI=1S/C18H19ClN2O3/c1-12(14-4-2-3-5-15(14)19)20-11-18(22)21-13-6-7-16-17(10-13)24-9-8-23-16/h2-7,10,12,20H,8-9,11H2,1H3,(H,21,22)/t12-/m0/s1. The van der Waals surface area contributed by atoms with E-state index in [1.807, 2.05) is 31.2 Å². The van der Waals surface area contributed by atoms with Crippen molar-refractivity contribution in [3.63, 3.8) is 0 Å². The molecule has 0 aliphatic carbocycles. The molecule has 126 valence electrons. The molecular formula is C18H19ClN2O3. The highest BCUT2D eigenvalue weighted by molar-refractivity contribution is 6.31. The van der Waals surface area contributed by atoms with Crippen LogP contribution in [0.5, 0.6) is 11.5 Å². The largest absolute Gasteiger partial charge is 0.486 e. The minimum atomic E-state index is -0.134. The van der Waals surface area contributed by atoms with E-state index < -0.39 is 0 Å². The van der Waals surface area contributed by atoms with Crippen LogP contribution in [0.15, 0.2) is 42.5 Å². The Morgan fingerprint density at radius 2 is 1.92 bits per heavy atom. The molecule has 1 amide bonds. The van der Waals surface area contributed by atoms with Crippen LogP contribution in [-0.4, -0.2) is 25.7 Å². The van der Waals surface area contributed by atoms with E-state index in [2.05, 4.69) is 10.6 Å². The highest BCUT2D eigenvalue weighted by atomic mass is 35.5. The summed E-state index contributed by atoms with van der Waals surface area (Å²) < 4.78 is 11.0. The Bertz CT molecular complexity index is 736. The lowest BCUT2D eigenvalue weighted by molar-refractivity contribution is -0.115. The molecule has 2 aromatic carbocycles. The van der Waals surface area contributed by atoms with E-state index in [0.29, 0.717) is 35.4 Å². The summed E-state index contributed by atoms with van der Waals surface area (Å²) in [5.74, 6) is 1.21. The zero-order chi connectivity index (χ0) is 16.9. The second-order valence-electron chi connectivity index (χ2n) is 5.53. The van der Waals surface area contributed by atoms with Gasteiger partial charge in [0.25, 0.3) is 0 Å². The summed E-state index contributed by atoms with van der Waals surface area (Å²) in [5, 5.41) is 6.70. The van der Waals surface area contributed by atoms with Crippen molar-refractivity contribution >= 4 is 23.2 Å². The lowest BCUT2D eigenvalue weighted by Crippen LogP contribution is -2.30. The van der Waals surface area contributed by atoms with Crippen molar-refractivity contribution in [2.45, 2.75) is 13.0 Å². The van der Waals surface area contributed by atoms with Gasteiger partial charge in [-0.3, -0.25) is 4.79 Å². The summed E-state index contributed by atoms with van der Waals surface area (Å²) >= 11 is 6.17. The topological polar surface area (TPSA) is 59.6 Å². The van der Waals surface area contributed by atoms with Crippen molar-refractivity contribution < 1.29 is 14.3 Å². The number of hydrogen-bond acceptors (Lipinski definition) is 4. The maximum Gasteiger partial charge on any atom is 0.238 e. The van der Waals surface area contributed by atoms with Crippen LogP contribution in [0.2, 0.25) is 5.02 Å². The Kier molecular flexibility index (Phi) is 5.23. The van der Waals surface area contributed by atoms with E-state index in [1.165, 1.54) is 0 Å². The first-order chi connectivity index (χ1) is 11.6. The van der Waals surface area contributed by atoms with Gasteiger partial charge < -0.3 is 20.1 Å². The number of benzene rings is 2. The minimum absolute atomic E-state index is 0.0234. The number of halogens is 1. The Labute approximate surface area is 145 Å². The number of rotatable bonds is 5. The van der Waals surface area contributed by atoms with Crippen molar-refractivity contribution in [1.29, 1.82) is 0 Å². The number of ether oxygens (including phenoxy) is 2. The zero-order valence-electron chi connectivity index (χ0n) is 13.3. The SMILES string of the molecule is C[C@H](NCC(=O)Nc1ccc2c(c1)OCCO2)c1ccccc1Cl. The van der Waals surface area contributed by atoms with Crippen LogP contribution >= 0.6 is 11.6 Å². The van der Waals surface area contributed by atoms with E-state index in [0.717, 1.165) is 5.56 Å². The molecule has 1 atom stereocenters. The predicted molar refractivity (Wildman–Crippen MR) is 93.9 cm³/mol. The van der Waals surface area contributed by atoms with Gasteiger partial charge in [-0.1, -0.05) is 29.8 Å². The third kappa shape index (κ3) is 3.99. The molecule has 0 spiro atoms. The fourth-order valence-corrected chi connectivity index (χ4v) is 2.81. The lowest BCUT2D eigenvalue weighted by Gasteiger charge is -2.19. The number of anilines is 1. The van der Waals surface area contributed by atoms with Gasteiger partial charge in [-0.2, -0.15) is 0 Å². The van der Waals surface area contributed by atoms with E-state index in [4.69, 9.17) is 21.1 Å². The lowest BCUT2D eigenvalue weighted by atomic mass is 10.1. The Morgan fingerprint density at radius 1 is 1.17 bits per heavy atom. The van der Waals surface area contributed by atoms with E-state index in [9.17, 15) is 4.79 Å². The second-order valence-corrected chi connectivity index (χ2v) is 5.94. The third-order valence-electron chi connectivity index (χ3n) is 3.77. The first-order valence-corrected chi connectivity index (χ1v) is 8.18. The number of hydrogen-bond donors (Lipinski definition) is 2. The molecule has 0 aromatic heterocycles. The molecular weight excluding hydrogens is 328 g/mol. The van der Waals surface area contributed by atoms with Gasteiger partial charge in [0, 0.05) is 22.8 Å². The van der Waals surface area contributed by atoms with Crippen LogP contribution in [-0.2, 0) is 4.79 Å². The summed E-state index contributed by atoms with van der Waals surface area (Å²) in [6.45, 7) is 3.21. The number of carbonyl (C=O) groups is 1. The summed E-state index contributed by atoms with van der Waals surface area (Å²) in [7, 11) is 0. The quantitative estimate of drug-likeness (QED) is 0.871. The second kappa shape index (κ2) is 7.55. The van der Waals surface area contributed by atoms with Crippen LogP contribution in [0.1, 0.15) is 18.5 Å². The molecule has 1 aliphatic heterocycles. The van der Waals surface area contributed by atoms with Crippen molar-refractivity contribution in [2.75, 3.05) is 25.1 Å². The molecule has 24 heavy (non-hydrogen) atoms. The maximum atomic E-state index is 12.1. The average molecular weight is 347 g/mol. The van der Waals surface area contributed by atoms with E-state index in [1.54, 1.807) is 18.2 Å². The van der Waals surface area contributed by atoms with Gasteiger partial charge >= 0.3 is 0 Å². The number of fused-ring (bicyclic) bond motifs is 1. The van der Waals surface area contributed by atoms with E-state index in [-0.39, 0.29) is 18.5 Å². The van der Waals surface area contributed by atoms with E-state index >= 15 is 0 Å². The molecule has 0 saturated heterocycles. The van der Waals surface area contributed by atoms with Gasteiger partial charge in [0.05, 0.1) is 6.54 Å². The molecule has 2 N–H and O–H groups in total. The summed E-state index contributed by atoms with van der Waals surface area (Å²) in [6, 6.07) is 12.9. The molecule has 0 radical (unpaired) electrons. The smallest absolute Gasteiger partial charge is 0.238 e. The molecule has 1 heterocycles. The fraction of sp³-hybridized carbons (Fsp3) is 0.278. The molecule has 0 bridgehead atoms. The van der Waals surface area contributed by atoms with Gasteiger partial charge in [-0.15, -0.1) is 0 Å². The highest BCUT2D eigenvalue weighted by Gasteiger charge is 2.14. The van der Waals surface area contributed by atoms with Gasteiger partial charge in [0.2, 0.25) is 5.91 Å². The van der Waals surface area contributed by atoms with Gasteiger partial charge in [0.1, 0.15) is 13.2 Å².